The standard InChI is InChI=1S/C16H23N3O3/c1-2-22-14-5-3-13(4-6-14)19-15(20)11-18-16(21)12-7-9-17-10-8-12/h3-6,12,17H,2,7-11H2,1H3,(H,18,21)(H,19,20). The van der Waals surface area contributed by atoms with Crippen LogP contribution in [-0.4, -0.2) is 38.1 Å². The lowest BCUT2D eigenvalue weighted by molar-refractivity contribution is -0.127. The predicted octanol–water partition coefficient (Wildman–Crippen LogP) is 1.14. The summed E-state index contributed by atoms with van der Waals surface area (Å²) in [6.07, 6.45) is 1.65. The lowest BCUT2D eigenvalue weighted by Crippen LogP contribution is -2.41. The van der Waals surface area contributed by atoms with E-state index in [0.717, 1.165) is 31.7 Å². The molecule has 2 rings (SSSR count). The Hall–Kier alpha value is -2.08. The maximum Gasteiger partial charge on any atom is 0.243 e. The van der Waals surface area contributed by atoms with Crippen LogP contribution in [-0.2, 0) is 9.59 Å². The minimum Gasteiger partial charge on any atom is -0.494 e. The van der Waals surface area contributed by atoms with Gasteiger partial charge in [0.25, 0.3) is 0 Å². The summed E-state index contributed by atoms with van der Waals surface area (Å²) < 4.78 is 5.34. The number of benzene rings is 1. The van der Waals surface area contributed by atoms with Gasteiger partial charge in [-0.05, 0) is 57.1 Å². The van der Waals surface area contributed by atoms with Crippen molar-refractivity contribution in [1.82, 2.24) is 10.6 Å². The Bertz CT molecular complexity index is 496. The minimum absolute atomic E-state index is 0.00399. The highest BCUT2D eigenvalue weighted by atomic mass is 16.5. The molecule has 0 radical (unpaired) electrons. The van der Waals surface area contributed by atoms with Crippen molar-refractivity contribution in [3.63, 3.8) is 0 Å². The first-order valence-electron chi connectivity index (χ1n) is 7.70. The Balaban J connectivity index is 1.73. The molecule has 2 amide bonds. The van der Waals surface area contributed by atoms with E-state index in [4.69, 9.17) is 4.74 Å². The van der Waals surface area contributed by atoms with Crippen LogP contribution in [0.15, 0.2) is 24.3 Å². The molecule has 0 unspecified atom stereocenters. The zero-order valence-electron chi connectivity index (χ0n) is 12.9. The average Bonchev–Trinajstić information content (AvgIpc) is 2.55. The van der Waals surface area contributed by atoms with E-state index in [9.17, 15) is 9.59 Å². The Kier molecular flexibility index (Phi) is 6.21. The molecule has 0 saturated carbocycles. The lowest BCUT2D eigenvalue weighted by Gasteiger charge is -2.21. The van der Waals surface area contributed by atoms with Crippen LogP contribution in [0.5, 0.6) is 5.75 Å². The van der Waals surface area contributed by atoms with Crippen LogP contribution in [0.4, 0.5) is 5.69 Å². The highest BCUT2D eigenvalue weighted by molar-refractivity contribution is 5.94. The molecule has 120 valence electrons. The van der Waals surface area contributed by atoms with Crippen LogP contribution in [0.2, 0.25) is 0 Å². The second-order valence-electron chi connectivity index (χ2n) is 5.25. The summed E-state index contributed by atoms with van der Waals surface area (Å²) in [4.78, 5) is 23.8. The summed E-state index contributed by atoms with van der Waals surface area (Å²) in [5, 5.41) is 8.66. The number of carbonyl (C=O) groups is 2. The van der Waals surface area contributed by atoms with Crippen LogP contribution >= 0.6 is 0 Å². The van der Waals surface area contributed by atoms with Crippen LogP contribution in [0, 0.1) is 5.92 Å². The SMILES string of the molecule is CCOc1ccc(NC(=O)CNC(=O)C2CCNCC2)cc1. The van der Waals surface area contributed by atoms with Gasteiger partial charge in [-0.2, -0.15) is 0 Å². The molecule has 22 heavy (non-hydrogen) atoms. The van der Waals surface area contributed by atoms with Crippen LogP contribution in [0.1, 0.15) is 19.8 Å². The second-order valence-corrected chi connectivity index (χ2v) is 5.25. The van der Waals surface area contributed by atoms with Gasteiger partial charge >= 0.3 is 0 Å². The van der Waals surface area contributed by atoms with Crippen molar-refractivity contribution in [2.45, 2.75) is 19.8 Å². The van der Waals surface area contributed by atoms with Crippen molar-refractivity contribution in [2.75, 3.05) is 31.6 Å². The summed E-state index contributed by atoms with van der Waals surface area (Å²) >= 11 is 0. The van der Waals surface area contributed by atoms with Gasteiger partial charge in [0.05, 0.1) is 13.2 Å². The zero-order valence-corrected chi connectivity index (χ0v) is 12.9. The third kappa shape index (κ3) is 5.04. The molecule has 6 heteroatoms. The quantitative estimate of drug-likeness (QED) is 0.736. The first-order chi connectivity index (χ1) is 10.7. The number of hydrogen-bond donors (Lipinski definition) is 3. The number of carbonyl (C=O) groups excluding carboxylic acids is 2. The predicted molar refractivity (Wildman–Crippen MR) is 84.8 cm³/mol. The molecule has 0 atom stereocenters. The molecule has 1 aromatic carbocycles. The topological polar surface area (TPSA) is 79.5 Å². The van der Waals surface area contributed by atoms with E-state index in [-0.39, 0.29) is 24.3 Å². The molecule has 0 aliphatic carbocycles. The van der Waals surface area contributed by atoms with Gasteiger partial charge < -0.3 is 20.7 Å². The molecule has 1 aliphatic heterocycles. The van der Waals surface area contributed by atoms with E-state index in [1.54, 1.807) is 24.3 Å². The van der Waals surface area contributed by atoms with Gasteiger partial charge in [0, 0.05) is 11.6 Å². The fourth-order valence-electron chi connectivity index (χ4n) is 2.40. The lowest BCUT2D eigenvalue weighted by atomic mass is 9.97. The molecular weight excluding hydrogens is 282 g/mol. The number of amides is 2. The summed E-state index contributed by atoms with van der Waals surface area (Å²) in [7, 11) is 0. The van der Waals surface area contributed by atoms with E-state index in [1.807, 2.05) is 6.92 Å². The second kappa shape index (κ2) is 8.38. The van der Waals surface area contributed by atoms with Gasteiger partial charge in [-0.25, -0.2) is 0 Å². The van der Waals surface area contributed by atoms with E-state index in [1.165, 1.54) is 0 Å². The smallest absolute Gasteiger partial charge is 0.243 e. The van der Waals surface area contributed by atoms with Gasteiger partial charge in [0.15, 0.2) is 0 Å². The molecule has 0 bridgehead atoms. The molecule has 6 nitrogen and oxygen atoms in total. The van der Waals surface area contributed by atoms with E-state index in [2.05, 4.69) is 16.0 Å². The molecule has 0 spiro atoms. The fourth-order valence-corrected chi connectivity index (χ4v) is 2.40. The van der Waals surface area contributed by atoms with Gasteiger partial charge in [-0.3, -0.25) is 9.59 Å². The maximum atomic E-state index is 11.9. The highest BCUT2D eigenvalue weighted by Gasteiger charge is 2.20. The van der Waals surface area contributed by atoms with Crippen molar-refractivity contribution in [2.24, 2.45) is 5.92 Å². The fraction of sp³-hybridized carbons (Fsp3) is 0.500. The summed E-state index contributed by atoms with van der Waals surface area (Å²) in [5.41, 5.74) is 0.685. The van der Waals surface area contributed by atoms with Crippen molar-refractivity contribution in [3.8, 4) is 5.75 Å². The van der Waals surface area contributed by atoms with Crippen molar-refractivity contribution in [3.05, 3.63) is 24.3 Å². The van der Waals surface area contributed by atoms with Crippen LogP contribution in [0.25, 0.3) is 0 Å². The number of piperidine rings is 1. The van der Waals surface area contributed by atoms with Crippen LogP contribution in [0.3, 0.4) is 0 Å². The Morgan fingerprint density at radius 3 is 2.55 bits per heavy atom. The summed E-state index contributed by atoms with van der Waals surface area (Å²) in [6.45, 7) is 4.23. The van der Waals surface area contributed by atoms with Crippen LogP contribution < -0.4 is 20.7 Å². The first-order valence-corrected chi connectivity index (χ1v) is 7.70. The molecule has 1 aliphatic rings. The first kappa shape index (κ1) is 16.3. The van der Waals surface area contributed by atoms with E-state index < -0.39 is 0 Å². The number of nitrogens with one attached hydrogen (secondary N) is 3. The largest absolute Gasteiger partial charge is 0.494 e. The molecule has 1 fully saturated rings. The molecule has 1 saturated heterocycles. The molecule has 0 aromatic heterocycles. The molecule has 1 aromatic rings. The summed E-state index contributed by atoms with van der Waals surface area (Å²) in [5.74, 6) is 0.508. The van der Waals surface area contributed by atoms with Crippen molar-refractivity contribution in [1.29, 1.82) is 0 Å². The zero-order chi connectivity index (χ0) is 15.8. The molecular formula is C16H23N3O3. The number of hydrogen-bond acceptors (Lipinski definition) is 4. The normalized spacial score (nSPS) is 15.1. The molecule has 3 N–H and O–H groups in total. The van der Waals surface area contributed by atoms with Gasteiger partial charge in [-0.1, -0.05) is 0 Å². The third-order valence-electron chi connectivity index (χ3n) is 3.58. The van der Waals surface area contributed by atoms with Crippen molar-refractivity contribution >= 4 is 17.5 Å². The minimum atomic E-state index is -0.230. The van der Waals surface area contributed by atoms with Gasteiger partial charge in [0.1, 0.15) is 5.75 Å². The monoisotopic (exact) mass is 305 g/mol. The Morgan fingerprint density at radius 2 is 1.91 bits per heavy atom. The third-order valence-corrected chi connectivity index (χ3v) is 3.58. The number of anilines is 1. The summed E-state index contributed by atoms with van der Waals surface area (Å²) in [6, 6.07) is 7.15. The Labute approximate surface area is 130 Å². The Morgan fingerprint density at radius 1 is 1.23 bits per heavy atom. The van der Waals surface area contributed by atoms with Crippen molar-refractivity contribution < 1.29 is 14.3 Å². The van der Waals surface area contributed by atoms with Gasteiger partial charge in [0.2, 0.25) is 11.8 Å². The highest BCUT2D eigenvalue weighted by Crippen LogP contribution is 2.15. The number of rotatable bonds is 6. The average molecular weight is 305 g/mol. The van der Waals surface area contributed by atoms with Gasteiger partial charge in [-0.15, -0.1) is 0 Å². The van der Waals surface area contributed by atoms with E-state index in [0.29, 0.717) is 12.3 Å². The maximum absolute atomic E-state index is 11.9. The van der Waals surface area contributed by atoms with E-state index >= 15 is 0 Å². The molecule has 1 heterocycles. The number of ether oxygens (including phenoxy) is 1.